The first-order valence-electron chi connectivity index (χ1n) is 12.1. The number of rotatable bonds is 9. The zero-order valence-electron chi connectivity index (χ0n) is 21.3. The largest absolute Gasteiger partial charge is 0.469 e. The maximum atomic E-state index is 12.3. The topological polar surface area (TPSA) is 172 Å². The molecular formula is C22H37N3O10S. The van der Waals surface area contributed by atoms with Crippen LogP contribution in [0.4, 0.5) is 4.79 Å². The van der Waals surface area contributed by atoms with Crippen molar-refractivity contribution in [3.05, 3.63) is 0 Å². The van der Waals surface area contributed by atoms with Gasteiger partial charge in [-0.05, 0) is 46.5 Å². The van der Waals surface area contributed by atoms with Gasteiger partial charge < -0.3 is 20.1 Å². The van der Waals surface area contributed by atoms with Crippen molar-refractivity contribution < 1.29 is 45.5 Å². The molecule has 2 atom stereocenters. The molecule has 14 heteroatoms. The number of hydrogen-bond donors (Lipinski definition) is 1. The van der Waals surface area contributed by atoms with Crippen molar-refractivity contribution in [2.24, 2.45) is 17.1 Å². The van der Waals surface area contributed by atoms with Gasteiger partial charge in [-0.3, -0.25) is 14.4 Å². The van der Waals surface area contributed by atoms with Crippen LogP contribution in [0.15, 0.2) is 0 Å². The lowest BCUT2D eigenvalue weighted by atomic mass is 9.89. The van der Waals surface area contributed by atoms with Gasteiger partial charge in [0.15, 0.2) is 0 Å². The van der Waals surface area contributed by atoms with Gasteiger partial charge in [-0.2, -0.15) is 13.5 Å². The Bertz CT molecular complexity index is 917. The van der Waals surface area contributed by atoms with E-state index in [9.17, 15) is 27.6 Å². The van der Waals surface area contributed by atoms with Gasteiger partial charge in [0.25, 0.3) is 0 Å². The number of esters is 2. The predicted octanol–water partition coefficient (Wildman–Crippen LogP) is 1.26. The van der Waals surface area contributed by atoms with Crippen LogP contribution < -0.4 is 5.73 Å². The first kappa shape index (κ1) is 29.8. The van der Waals surface area contributed by atoms with Gasteiger partial charge in [0.1, 0.15) is 6.04 Å². The fourth-order valence-corrected chi connectivity index (χ4v) is 5.12. The second-order valence-corrected chi connectivity index (χ2v) is 10.8. The van der Waals surface area contributed by atoms with Gasteiger partial charge in [-0.15, -0.1) is 4.28 Å². The molecule has 36 heavy (non-hydrogen) atoms. The van der Waals surface area contributed by atoms with Crippen LogP contribution in [0.2, 0.25) is 0 Å². The van der Waals surface area contributed by atoms with Gasteiger partial charge >= 0.3 is 28.4 Å². The number of ether oxygens (including phenoxy) is 2. The number of urea groups is 1. The fraction of sp³-hybridized carbons (Fsp3) is 0.818. The fourth-order valence-electron chi connectivity index (χ4n) is 4.26. The average Bonchev–Trinajstić information content (AvgIpc) is 3.07. The predicted molar refractivity (Wildman–Crippen MR) is 125 cm³/mol. The Morgan fingerprint density at radius 3 is 2.28 bits per heavy atom. The van der Waals surface area contributed by atoms with Crippen molar-refractivity contribution >= 4 is 34.3 Å². The van der Waals surface area contributed by atoms with E-state index in [1.54, 1.807) is 6.92 Å². The Kier molecular flexibility index (Phi) is 10.5. The molecule has 2 bridgehead atoms. The molecular weight excluding hydrogens is 498 g/mol. The van der Waals surface area contributed by atoms with E-state index in [0.29, 0.717) is 17.9 Å². The minimum atomic E-state index is -4.60. The average molecular weight is 536 g/mol. The Hall–Kier alpha value is -2.45. The minimum absolute atomic E-state index is 0.0142. The van der Waals surface area contributed by atoms with Gasteiger partial charge in [-0.1, -0.05) is 19.3 Å². The van der Waals surface area contributed by atoms with Crippen LogP contribution >= 0.6 is 0 Å². The van der Waals surface area contributed by atoms with E-state index >= 15 is 0 Å². The number of methoxy groups -OCH3 is 1. The lowest BCUT2D eigenvalue weighted by Crippen LogP contribution is -2.47. The molecule has 2 heterocycles. The summed E-state index contributed by atoms with van der Waals surface area (Å²) in [7, 11) is -3.13. The normalized spacial score (nSPS) is 22.5. The summed E-state index contributed by atoms with van der Waals surface area (Å²) < 4.78 is 43.1. The highest BCUT2D eigenvalue weighted by atomic mass is 32.3. The molecule has 3 aliphatic rings. The van der Waals surface area contributed by atoms with Crippen LogP contribution in [-0.4, -0.2) is 81.2 Å². The highest BCUT2D eigenvalue weighted by Gasteiger charge is 2.49. The summed E-state index contributed by atoms with van der Waals surface area (Å²) in [6.45, 7) is 4.30. The van der Waals surface area contributed by atoms with Crippen molar-refractivity contribution in [1.29, 1.82) is 0 Å². The van der Waals surface area contributed by atoms with E-state index < -0.39 is 52.4 Å². The number of nitrogens with zero attached hydrogens (tertiary/aromatic N) is 2. The molecule has 206 valence electrons. The van der Waals surface area contributed by atoms with Crippen molar-refractivity contribution in [3.8, 4) is 0 Å². The smallest absolute Gasteiger partial charge is 0.421 e. The monoisotopic (exact) mass is 535 g/mol. The second kappa shape index (κ2) is 12.7. The van der Waals surface area contributed by atoms with Crippen molar-refractivity contribution in [1.82, 2.24) is 9.96 Å². The van der Waals surface area contributed by atoms with Crippen LogP contribution in [0.25, 0.3) is 0 Å². The van der Waals surface area contributed by atoms with E-state index in [-0.39, 0.29) is 25.0 Å². The molecule has 0 aromatic heterocycles. The molecule has 2 aliphatic heterocycles. The van der Waals surface area contributed by atoms with Crippen LogP contribution in [-0.2, 0) is 42.7 Å². The standard InChI is InChI=1S/C14H23N3O8S.C8H14O2/c1-4-23-12(19)14(2,3)8-24-26(21,22)25-17-9-5-6-10(11(15)18)16(7-9)13(17)20;1-10-8(9)7-5-3-2-4-6-7/h9-10H,4-8H2,1-3H3,(H2,15,18);7H,2-6H2,1H3/t9-,10+;/m1./s1. The molecule has 0 aromatic rings. The molecule has 0 unspecified atom stereocenters. The van der Waals surface area contributed by atoms with Crippen LogP contribution in [0.5, 0.6) is 0 Å². The van der Waals surface area contributed by atoms with Gasteiger partial charge in [-0.25, -0.2) is 8.98 Å². The Morgan fingerprint density at radius 2 is 1.72 bits per heavy atom. The first-order valence-corrected chi connectivity index (χ1v) is 13.4. The molecule has 2 saturated heterocycles. The summed E-state index contributed by atoms with van der Waals surface area (Å²) in [4.78, 5) is 47.6. The quantitative estimate of drug-likeness (QED) is 0.424. The molecule has 3 rings (SSSR count). The summed E-state index contributed by atoms with van der Waals surface area (Å²) in [5.41, 5.74) is 4.03. The zero-order valence-corrected chi connectivity index (χ0v) is 22.1. The summed E-state index contributed by atoms with van der Waals surface area (Å²) in [5.74, 6) is -1.09. The molecule has 0 spiro atoms. The maximum Gasteiger partial charge on any atom is 0.421 e. The lowest BCUT2D eigenvalue weighted by molar-refractivity contribution is -0.155. The Labute approximate surface area is 211 Å². The zero-order chi connectivity index (χ0) is 27.1. The van der Waals surface area contributed by atoms with E-state index in [0.717, 1.165) is 12.8 Å². The second-order valence-electron chi connectivity index (χ2n) is 9.62. The molecule has 1 saturated carbocycles. The van der Waals surface area contributed by atoms with E-state index in [4.69, 9.17) is 18.9 Å². The maximum absolute atomic E-state index is 12.3. The van der Waals surface area contributed by atoms with E-state index in [1.807, 2.05) is 0 Å². The molecule has 13 nitrogen and oxygen atoms in total. The Balaban J connectivity index is 0.000000380. The number of fused-ring (bicyclic) bond motifs is 2. The molecule has 2 N–H and O–H groups in total. The van der Waals surface area contributed by atoms with Crippen molar-refractivity contribution in [2.75, 3.05) is 26.9 Å². The number of carbonyl (C=O) groups is 4. The molecule has 0 radical (unpaired) electrons. The van der Waals surface area contributed by atoms with Gasteiger partial charge in [0.2, 0.25) is 5.91 Å². The highest BCUT2D eigenvalue weighted by molar-refractivity contribution is 7.81. The van der Waals surface area contributed by atoms with Crippen LogP contribution in [0, 0.1) is 11.3 Å². The van der Waals surface area contributed by atoms with E-state index in [2.05, 4.69) is 4.74 Å². The number of piperidine rings is 1. The minimum Gasteiger partial charge on any atom is -0.469 e. The summed E-state index contributed by atoms with van der Waals surface area (Å²) in [6.07, 6.45) is 6.43. The summed E-state index contributed by atoms with van der Waals surface area (Å²) in [5, 5.41) is 0.676. The molecule has 0 aromatic carbocycles. The first-order chi connectivity index (χ1) is 16.8. The third kappa shape index (κ3) is 7.77. The number of hydroxylamine groups is 2. The van der Waals surface area contributed by atoms with Crippen LogP contribution in [0.3, 0.4) is 0 Å². The van der Waals surface area contributed by atoms with Crippen molar-refractivity contribution in [3.63, 3.8) is 0 Å². The highest BCUT2D eigenvalue weighted by Crippen LogP contribution is 2.31. The summed E-state index contributed by atoms with van der Waals surface area (Å²) in [6, 6.07) is -2.10. The molecule has 3 amide bonds. The lowest BCUT2D eigenvalue weighted by Gasteiger charge is -2.27. The van der Waals surface area contributed by atoms with Crippen molar-refractivity contribution in [2.45, 2.75) is 77.8 Å². The molecule has 3 fully saturated rings. The SMILES string of the molecule is CCOC(=O)C(C)(C)COS(=O)(=O)ON1C(=O)N2C[C@H]1CC[C@H]2C(N)=O.COC(=O)C1CCCCC1. The third-order valence-electron chi connectivity index (χ3n) is 6.35. The molecule has 1 aliphatic carbocycles. The number of carbonyl (C=O) groups excluding carboxylic acids is 4. The van der Waals surface area contributed by atoms with E-state index in [1.165, 1.54) is 45.1 Å². The van der Waals surface area contributed by atoms with Gasteiger partial charge in [0.05, 0.1) is 37.7 Å². The number of primary amides is 1. The number of nitrogens with two attached hydrogens (primary N) is 1. The van der Waals surface area contributed by atoms with Crippen LogP contribution in [0.1, 0.15) is 65.7 Å². The third-order valence-corrected chi connectivity index (χ3v) is 7.10. The Morgan fingerprint density at radius 1 is 1.08 bits per heavy atom. The summed E-state index contributed by atoms with van der Waals surface area (Å²) >= 11 is 0. The number of amides is 3. The van der Waals surface area contributed by atoms with Gasteiger partial charge in [0, 0.05) is 6.54 Å². The number of hydrogen-bond acceptors (Lipinski definition) is 10.